The third-order valence-electron chi connectivity index (χ3n) is 7.02. The first kappa shape index (κ1) is 30.5. The van der Waals surface area contributed by atoms with Gasteiger partial charge in [-0.15, -0.1) is 0 Å². The Morgan fingerprint density at radius 1 is 1.14 bits per heavy atom. The maximum Gasteiger partial charge on any atom is 0.251 e. The highest BCUT2D eigenvalue weighted by Crippen LogP contribution is 2.28. The molecular weight excluding hydrogens is 540 g/mol. The smallest absolute Gasteiger partial charge is 0.251 e. The first-order valence-corrected chi connectivity index (χ1v) is 14.1. The molecule has 3 amide bonds. The molecule has 1 aromatic carbocycles. The monoisotopic (exact) mass is 580 g/mol. The second-order valence-electron chi connectivity index (χ2n) is 10.8. The van der Waals surface area contributed by atoms with Crippen LogP contribution in [0.15, 0.2) is 24.3 Å². The average Bonchev–Trinajstić information content (AvgIpc) is 3.47. The largest absolute Gasteiger partial charge is 0.493 e. The molecular formula is C29H40N8O5. The van der Waals surface area contributed by atoms with E-state index in [1.54, 1.807) is 34.5 Å². The SMILES string of the molecule is COc1ccc2cc1OCCn1nc(C)nc1[C@H](C(C)C)NC(=O)CN(C(=O)Cn1nc(C)cc1C)CCCNC2=O. The fourth-order valence-electron chi connectivity index (χ4n) is 4.89. The molecule has 13 nitrogen and oxygen atoms in total. The lowest BCUT2D eigenvalue weighted by atomic mass is 10.0. The van der Waals surface area contributed by atoms with Gasteiger partial charge >= 0.3 is 0 Å². The highest BCUT2D eigenvalue weighted by molar-refractivity contribution is 5.94. The van der Waals surface area contributed by atoms with Crippen LogP contribution in [0.3, 0.4) is 0 Å². The van der Waals surface area contributed by atoms with Gasteiger partial charge in [-0.3, -0.25) is 19.1 Å². The van der Waals surface area contributed by atoms with Gasteiger partial charge < -0.3 is 25.0 Å². The molecule has 0 aliphatic carbocycles. The molecule has 1 aliphatic rings. The summed E-state index contributed by atoms with van der Waals surface area (Å²) in [5, 5.41) is 14.9. The van der Waals surface area contributed by atoms with Gasteiger partial charge in [0.05, 0.1) is 31.9 Å². The summed E-state index contributed by atoms with van der Waals surface area (Å²) in [6, 6.07) is 6.46. The molecule has 1 aliphatic heterocycles. The second kappa shape index (κ2) is 13.5. The van der Waals surface area contributed by atoms with E-state index >= 15 is 0 Å². The van der Waals surface area contributed by atoms with Crippen molar-refractivity contribution in [2.75, 3.05) is 33.4 Å². The van der Waals surface area contributed by atoms with Crippen molar-refractivity contribution in [1.29, 1.82) is 0 Å². The number of nitrogens with one attached hydrogen (secondary N) is 2. The standard InChI is InChI=1S/C29H40N8O5/c1-18(2)27-28-31-21(5)34-36(28)12-13-42-24-15-22(8-9-23(24)41-6)29(40)30-10-7-11-35(16-25(38)32-27)26(39)17-37-20(4)14-19(3)33-37/h8-9,14-15,18,27H,7,10-13,16-17H2,1-6H3,(H,30,40)(H,32,38)/t27-/m0/s1. The van der Waals surface area contributed by atoms with Crippen molar-refractivity contribution >= 4 is 17.7 Å². The predicted octanol–water partition coefficient (Wildman–Crippen LogP) is 1.96. The molecule has 4 rings (SSSR count). The number of carbonyl (C=O) groups excluding carboxylic acids is 3. The van der Waals surface area contributed by atoms with Crippen molar-refractivity contribution in [2.24, 2.45) is 5.92 Å². The van der Waals surface area contributed by atoms with Crippen LogP contribution in [0.25, 0.3) is 0 Å². The lowest BCUT2D eigenvalue weighted by Gasteiger charge is -2.26. The minimum absolute atomic E-state index is 0.00588. The van der Waals surface area contributed by atoms with Gasteiger partial charge in [-0.2, -0.15) is 10.2 Å². The lowest BCUT2D eigenvalue weighted by molar-refractivity contribution is -0.137. The molecule has 42 heavy (non-hydrogen) atoms. The van der Waals surface area contributed by atoms with E-state index in [0.29, 0.717) is 48.2 Å². The number of ether oxygens (including phenoxy) is 2. The number of methoxy groups -OCH3 is 1. The van der Waals surface area contributed by atoms with Gasteiger partial charge in [-0.25, -0.2) is 9.67 Å². The van der Waals surface area contributed by atoms with Crippen LogP contribution in [0.2, 0.25) is 0 Å². The topological polar surface area (TPSA) is 146 Å². The van der Waals surface area contributed by atoms with Gasteiger partial charge in [-0.05, 0) is 57.4 Å². The Kier molecular flexibility index (Phi) is 9.81. The Hall–Kier alpha value is -4.42. The molecule has 0 unspecified atom stereocenters. The number of amides is 3. The summed E-state index contributed by atoms with van der Waals surface area (Å²) in [7, 11) is 1.54. The third-order valence-corrected chi connectivity index (χ3v) is 7.02. The van der Waals surface area contributed by atoms with Crippen molar-refractivity contribution in [3.63, 3.8) is 0 Å². The molecule has 0 spiro atoms. The molecule has 3 aromatic rings. The molecule has 0 radical (unpaired) electrons. The normalized spacial score (nSPS) is 17.0. The first-order valence-electron chi connectivity index (χ1n) is 14.1. The fourth-order valence-corrected chi connectivity index (χ4v) is 4.89. The number of hydrogen-bond acceptors (Lipinski definition) is 8. The molecule has 3 heterocycles. The van der Waals surface area contributed by atoms with Crippen LogP contribution in [0.1, 0.15) is 59.7 Å². The Bertz CT molecular complexity index is 1430. The zero-order chi connectivity index (χ0) is 30.4. The van der Waals surface area contributed by atoms with Gasteiger partial charge in [0.1, 0.15) is 24.8 Å². The Morgan fingerprint density at radius 3 is 2.62 bits per heavy atom. The number of fused-ring (bicyclic) bond motifs is 3. The van der Waals surface area contributed by atoms with Crippen molar-refractivity contribution < 1.29 is 23.9 Å². The van der Waals surface area contributed by atoms with Crippen molar-refractivity contribution in [3.8, 4) is 11.5 Å². The molecule has 2 bridgehead atoms. The van der Waals surface area contributed by atoms with Gasteiger partial charge in [-0.1, -0.05) is 13.8 Å². The number of nitrogens with zero attached hydrogens (tertiary/aromatic N) is 6. The van der Waals surface area contributed by atoms with E-state index in [-0.39, 0.29) is 49.9 Å². The first-order chi connectivity index (χ1) is 20.0. The number of benzene rings is 1. The highest BCUT2D eigenvalue weighted by Gasteiger charge is 2.27. The van der Waals surface area contributed by atoms with Crippen LogP contribution in [-0.4, -0.2) is 80.5 Å². The summed E-state index contributed by atoms with van der Waals surface area (Å²) in [5.74, 6) is 1.25. The minimum atomic E-state index is -0.442. The maximum absolute atomic E-state index is 13.4. The van der Waals surface area contributed by atoms with Gasteiger partial charge in [0.25, 0.3) is 5.91 Å². The van der Waals surface area contributed by atoms with E-state index in [1.807, 2.05) is 33.8 Å². The van der Waals surface area contributed by atoms with Gasteiger partial charge in [0.15, 0.2) is 11.5 Å². The van der Waals surface area contributed by atoms with E-state index in [9.17, 15) is 14.4 Å². The van der Waals surface area contributed by atoms with Crippen LogP contribution in [0.4, 0.5) is 0 Å². The molecule has 2 aromatic heterocycles. The molecule has 13 heteroatoms. The summed E-state index contributed by atoms with van der Waals surface area (Å²) < 4.78 is 14.8. The van der Waals surface area contributed by atoms with Crippen LogP contribution < -0.4 is 20.1 Å². The number of aryl methyl sites for hydroxylation is 3. The van der Waals surface area contributed by atoms with E-state index in [4.69, 9.17) is 9.47 Å². The van der Waals surface area contributed by atoms with E-state index in [1.165, 1.54) is 12.0 Å². The van der Waals surface area contributed by atoms with E-state index < -0.39 is 6.04 Å². The van der Waals surface area contributed by atoms with Crippen LogP contribution in [0, 0.1) is 26.7 Å². The third kappa shape index (κ3) is 7.45. The second-order valence-corrected chi connectivity index (χ2v) is 10.8. The van der Waals surface area contributed by atoms with Crippen LogP contribution >= 0.6 is 0 Å². The summed E-state index contributed by atoms with van der Waals surface area (Å²) in [6.45, 7) is 10.5. The van der Waals surface area contributed by atoms with Crippen molar-refractivity contribution in [3.05, 3.63) is 52.9 Å². The number of hydrogen-bond donors (Lipinski definition) is 2. The van der Waals surface area contributed by atoms with Crippen LogP contribution in [0.5, 0.6) is 11.5 Å². The van der Waals surface area contributed by atoms with E-state index in [2.05, 4.69) is 25.8 Å². The molecule has 1 atom stereocenters. The highest BCUT2D eigenvalue weighted by atomic mass is 16.5. The molecule has 0 fully saturated rings. The number of aromatic nitrogens is 5. The zero-order valence-electron chi connectivity index (χ0n) is 25.1. The maximum atomic E-state index is 13.4. The van der Waals surface area contributed by atoms with Crippen molar-refractivity contribution in [1.82, 2.24) is 40.1 Å². The summed E-state index contributed by atoms with van der Waals surface area (Å²) in [4.78, 5) is 45.8. The van der Waals surface area contributed by atoms with Gasteiger partial charge in [0.2, 0.25) is 11.8 Å². The Balaban J connectivity index is 1.63. The van der Waals surface area contributed by atoms with E-state index in [0.717, 1.165) is 11.4 Å². The molecule has 0 saturated carbocycles. The molecule has 2 N–H and O–H groups in total. The molecule has 0 saturated heterocycles. The summed E-state index contributed by atoms with van der Waals surface area (Å²) in [6.07, 6.45) is 0.447. The summed E-state index contributed by atoms with van der Waals surface area (Å²) in [5.41, 5.74) is 2.09. The van der Waals surface area contributed by atoms with Gasteiger partial charge in [0, 0.05) is 24.3 Å². The number of carbonyl (C=O) groups is 3. The Morgan fingerprint density at radius 2 is 1.93 bits per heavy atom. The Labute approximate surface area is 245 Å². The minimum Gasteiger partial charge on any atom is -0.493 e. The average molecular weight is 581 g/mol. The van der Waals surface area contributed by atoms with Crippen molar-refractivity contribution in [2.45, 2.75) is 60.2 Å². The fraction of sp³-hybridized carbons (Fsp3) is 0.517. The zero-order valence-corrected chi connectivity index (χ0v) is 25.1. The predicted molar refractivity (Wildman–Crippen MR) is 154 cm³/mol. The number of rotatable bonds is 4. The molecule has 226 valence electrons. The lowest BCUT2D eigenvalue weighted by Crippen LogP contribution is -2.45. The van der Waals surface area contributed by atoms with Crippen LogP contribution in [-0.2, 0) is 22.7 Å². The summed E-state index contributed by atoms with van der Waals surface area (Å²) >= 11 is 0. The quantitative estimate of drug-likeness (QED) is 0.476.